The Morgan fingerprint density at radius 2 is 2.08 bits per heavy atom. The normalized spacial score (nSPS) is 20.5. The molecule has 0 spiro atoms. The number of amides is 1. The van der Waals surface area contributed by atoms with E-state index < -0.39 is 0 Å². The maximum absolute atomic E-state index is 13.2. The highest BCUT2D eigenvalue weighted by atomic mass is 19.1. The molecule has 2 atom stereocenters. The summed E-state index contributed by atoms with van der Waals surface area (Å²) in [4.78, 5) is 16.7. The van der Waals surface area contributed by atoms with Crippen LogP contribution in [0.3, 0.4) is 0 Å². The van der Waals surface area contributed by atoms with Crippen molar-refractivity contribution in [2.45, 2.75) is 18.4 Å². The van der Waals surface area contributed by atoms with Crippen molar-refractivity contribution in [2.24, 2.45) is 0 Å². The minimum Gasteiger partial charge on any atom is -0.347 e. The summed E-state index contributed by atoms with van der Waals surface area (Å²) in [6, 6.07) is 10.2. The van der Waals surface area contributed by atoms with Gasteiger partial charge in [0.25, 0.3) is 5.91 Å². The van der Waals surface area contributed by atoms with Gasteiger partial charge in [0.05, 0.1) is 23.6 Å². The first-order valence-corrected chi connectivity index (χ1v) is 8.39. The largest absolute Gasteiger partial charge is 0.347 e. The number of nitrogens with one attached hydrogen (secondary N) is 2. The number of rotatable bonds is 3. The molecule has 0 radical (unpaired) electrons. The summed E-state index contributed by atoms with van der Waals surface area (Å²) >= 11 is 0. The minimum atomic E-state index is -0.244. The van der Waals surface area contributed by atoms with Crippen molar-refractivity contribution in [3.05, 3.63) is 72.1 Å². The fraction of sp³-hybridized carbons (Fsp3) is 0.263. The summed E-state index contributed by atoms with van der Waals surface area (Å²) in [5.74, 6) is -0.189. The predicted molar refractivity (Wildman–Crippen MR) is 93.1 cm³/mol. The van der Waals surface area contributed by atoms with E-state index in [9.17, 15) is 9.18 Å². The summed E-state index contributed by atoms with van der Waals surface area (Å²) in [5, 5.41) is 6.45. The zero-order valence-electron chi connectivity index (χ0n) is 13.7. The number of carbonyl (C=O) groups excluding carboxylic acids is 1. The van der Waals surface area contributed by atoms with E-state index >= 15 is 0 Å². The molecule has 2 N–H and O–H groups in total. The molecule has 0 aliphatic carbocycles. The average molecular weight is 338 g/mol. The number of nitrogens with zero attached hydrogens (tertiary/aromatic N) is 2. The molecule has 3 aromatic rings. The second-order valence-electron chi connectivity index (χ2n) is 6.37. The number of aromatic nitrogens is 2. The zero-order valence-corrected chi connectivity index (χ0v) is 13.7. The Morgan fingerprint density at radius 1 is 1.24 bits per heavy atom. The quantitative estimate of drug-likeness (QED) is 0.771. The molecule has 2 unspecified atom stereocenters. The van der Waals surface area contributed by atoms with Crippen LogP contribution >= 0.6 is 0 Å². The predicted octanol–water partition coefficient (Wildman–Crippen LogP) is 2.35. The van der Waals surface area contributed by atoms with Crippen LogP contribution in [0, 0.1) is 5.82 Å². The Kier molecular flexibility index (Phi) is 4.19. The molecule has 25 heavy (non-hydrogen) atoms. The third-order valence-corrected chi connectivity index (χ3v) is 4.77. The molecule has 5 nitrogen and oxygen atoms in total. The summed E-state index contributed by atoms with van der Waals surface area (Å²) in [6.45, 7) is 1.58. The highest BCUT2D eigenvalue weighted by Crippen LogP contribution is 2.26. The third kappa shape index (κ3) is 3.25. The molecule has 1 amide bonds. The van der Waals surface area contributed by atoms with Gasteiger partial charge in [-0.1, -0.05) is 12.1 Å². The Bertz CT molecular complexity index is 890. The molecule has 4 rings (SSSR count). The maximum Gasteiger partial charge on any atom is 0.253 e. The number of halogens is 1. The highest BCUT2D eigenvalue weighted by molar-refractivity contribution is 5.94. The average Bonchev–Trinajstić information content (AvgIpc) is 3.11. The van der Waals surface area contributed by atoms with Gasteiger partial charge in [-0.25, -0.2) is 9.37 Å². The van der Waals surface area contributed by atoms with Gasteiger partial charge >= 0.3 is 0 Å². The Morgan fingerprint density at radius 3 is 2.92 bits per heavy atom. The Hall–Kier alpha value is -2.73. The zero-order chi connectivity index (χ0) is 17.2. The molecular formula is C19H19FN4O. The van der Waals surface area contributed by atoms with Crippen molar-refractivity contribution in [1.29, 1.82) is 0 Å². The van der Waals surface area contributed by atoms with Gasteiger partial charge in [0.2, 0.25) is 0 Å². The van der Waals surface area contributed by atoms with Crippen LogP contribution in [0.25, 0.3) is 5.52 Å². The molecule has 1 aliphatic heterocycles. The molecule has 0 saturated carbocycles. The van der Waals surface area contributed by atoms with E-state index in [4.69, 9.17) is 0 Å². The van der Waals surface area contributed by atoms with Crippen LogP contribution in [-0.2, 0) is 0 Å². The second kappa shape index (κ2) is 6.64. The number of piperidine rings is 1. The van der Waals surface area contributed by atoms with Gasteiger partial charge in [-0.2, -0.15) is 0 Å². The Labute approximate surface area is 144 Å². The first-order valence-electron chi connectivity index (χ1n) is 8.39. The van der Waals surface area contributed by atoms with Crippen LogP contribution in [0.4, 0.5) is 4.39 Å². The smallest absolute Gasteiger partial charge is 0.253 e. The molecule has 1 aliphatic rings. The van der Waals surface area contributed by atoms with Crippen molar-refractivity contribution in [3.8, 4) is 0 Å². The molecule has 2 aromatic heterocycles. The lowest BCUT2D eigenvalue weighted by atomic mass is 9.86. The van der Waals surface area contributed by atoms with Crippen molar-refractivity contribution in [2.75, 3.05) is 13.1 Å². The van der Waals surface area contributed by atoms with E-state index in [0.717, 1.165) is 24.0 Å². The van der Waals surface area contributed by atoms with Crippen molar-refractivity contribution in [3.63, 3.8) is 0 Å². The molecule has 0 bridgehead atoms. The molecular weight excluding hydrogens is 319 g/mol. The molecule has 1 fully saturated rings. The number of carbonyl (C=O) groups is 1. The lowest BCUT2D eigenvalue weighted by molar-refractivity contribution is 0.0924. The van der Waals surface area contributed by atoms with Crippen molar-refractivity contribution >= 4 is 11.4 Å². The van der Waals surface area contributed by atoms with Crippen LogP contribution in [-0.4, -0.2) is 34.4 Å². The molecule has 1 aromatic carbocycles. The molecule has 6 heteroatoms. The topological polar surface area (TPSA) is 58.4 Å². The summed E-state index contributed by atoms with van der Waals surface area (Å²) < 4.78 is 15.0. The van der Waals surface area contributed by atoms with Crippen LogP contribution in [0.2, 0.25) is 0 Å². The molecule has 128 valence electrons. The number of imidazole rings is 1. The highest BCUT2D eigenvalue weighted by Gasteiger charge is 2.28. The number of benzene rings is 1. The third-order valence-electron chi connectivity index (χ3n) is 4.77. The summed E-state index contributed by atoms with van der Waals surface area (Å²) in [5.41, 5.74) is 2.59. The number of fused-ring (bicyclic) bond motifs is 1. The molecule has 1 saturated heterocycles. The van der Waals surface area contributed by atoms with Gasteiger partial charge in [0.15, 0.2) is 0 Å². The first-order chi connectivity index (χ1) is 12.2. The van der Waals surface area contributed by atoms with E-state index in [-0.39, 0.29) is 23.7 Å². The number of hydrogen-bond acceptors (Lipinski definition) is 3. The van der Waals surface area contributed by atoms with Crippen molar-refractivity contribution in [1.82, 2.24) is 20.0 Å². The van der Waals surface area contributed by atoms with Crippen molar-refractivity contribution < 1.29 is 9.18 Å². The van der Waals surface area contributed by atoms with Gasteiger partial charge in [-0.05, 0) is 42.8 Å². The van der Waals surface area contributed by atoms with E-state index in [0.29, 0.717) is 12.1 Å². The van der Waals surface area contributed by atoms with Gasteiger partial charge in [-0.15, -0.1) is 0 Å². The standard InChI is InChI=1S/C19H19FN4O/c20-15-4-1-13(2-5-15)17-7-8-21-10-18(17)23-19(25)14-3-6-16-9-22-12-24(16)11-14/h1-6,9,11-12,17-18,21H,7-8,10H2,(H,23,25). The second-order valence-corrected chi connectivity index (χ2v) is 6.37. The van der Waals surface area contributed by atoms with Crippen LogP contribution in [0.5, 0.6) is 0 Å². The monoisotopic (exact) mass is 338 g/mol. The number of hydrogen-bond donors (Lipinski definition) is 2. The van der Waals surface area contributed by atoms with Gasteiger partial charge in [-0.3, -0.25) is 4.79 Å². The van der Waals surface area contributed by atoms with E-state index in [1.54, 1.807) is 24.8 Å². The summed E-state index contributed by atoms with van der Waals surface area (Å²) in [6.07, 6.45) is 6.10. The lowest BCUT2D eigenvalue weighted by Crippen LogP contribution is -2.50. The Balaban J connectivity index is 1.54. The van der Waals surface area contributed by atoms with Gasteiger partial charge < -0.3 is 15.0 Å². The van der Waals surface area contributed by atoms with E-state index in [1.165, 1.54) is 12.1 Å². The fourth-order valence-corrected chi connectivity index (χ4v) is 3.43. The lowest BCUT2D eigenvalue weighted by Gasteiger charge is -2.33. The number of pyridine rings is 1. The molecule has 3 heterocycles. The van der Waals surface area contributed by atoms with E-state index in [2.05, 4.69) is 15.6 Å². The van der Waals surface area contributed by atoms with Gasteiger partial charge in [0.1, 0.15) is 5.82 Å². The van der Waals surface area contributed by atoms with Crippen LogP contribution < -0.4 is 10.6 Å². The fourth-order valence-electron chi connectivity index (χ4n) is 3.43. The SMILES string of the molecule is O=C(NC1CNCCC1c1ccc(F)cc1)c1ccc2cncn2c1. The van der Waals surface area contributed by atoms with Gasteiger partial charge in [0, 0.05) is 24.7 Å². The maximum atomic E-state index is 13.2. The van der Waals surface area contributed by atoms with E-state index in [1.807, 2.05) is 22.6 Å². The van der Waals surface area contributed by atoms with Crippen LogP contribution in [0.15, 0.2) is 55.1 Å². The van der Waals surface area contributed by atoms with Crippen LogP contribution in [0.1, 0.15) is 28.3 Å². The minimum absolute atomic E-state index is 0.0369. The first kappa shape index (κ1) is 15.8. The summed E-state index contributed by atoms with van der Waals surface area (Å²) in [7, 11) is 0.